The Kier molecular flexibility index (Phi) is 3.99. The van der Waals surface area contributed by atoms with Crippen LogP contribution >= 0.6 is 22.9 Å². The zero-order valence-electron chi connectivity index (χ0n) is 10.2. The summed E-state index contributed by atoms with van der Waals surface area (Å²) in [4.78, 5) is 18.3. The van der Waals surface area contributed by atoms with Gasteiger partial charge in [0.25, 0.3) is 5.91 Å². The molecule has 3 nitrogen and oxygen atoms in total. The van der Waals surface area contributed by atoms with Gasteiger partial charge in [0.1, 0.15) is 5.15 Å². The molecule has 0 unspecified atom stereocenters. The van der Waals surface area contributed by atoms with Crippen LogP contribution in [-0.4, -0.2) is 10.9 Å². The first kappa shape index (κ1) is 13.1. The van der Waals surface area contributed by atoms with E-state index in [4.69, 9.17) is 11.6 Å². The number of aryl methyl sites for hydroxylation is 2. The van der Waals surface area contributed by atoms with E-state index >= 15 is 0 Å². The maximum Gasteiger partial charge on any atom is 0.251 e. The summed E-state index contributed by atoms with van der Waals surface area (Å²) in [5.41, 5.74) is 1.28. The summed E-state index contributed by atoms with van der Waals surface area (Å²) in [6, 6.07) is 7.36. The maximum atomic E-state index is 11.9. The van der Waals surface area contributed by atoms with Gasteiger partial charge in [0.05, 0.1) is 6.54 Å². The van der Waals surface area contributed by atoms with E-state index in [-0.39, 0.29) is 5.91 Å². The Morgan fingerprint density at radius 2 is 2.17 bits per heavy atom. The van der Waals surface area contributed by atoms with E-state index in [1.807, 2.05) is 26.0 Å². The molecule has 0 fully saturated rings. The molecule has 0 saturated heterocycles. The molecule has 0 aromatic carbocycles. The number of pyridine rings is 1. The summed E-state index contributed by atoms with van der Waals surface area (Å²) < 4.78 is 0. The van der Waals surface area contributed by atoms with Crippen molar-refractivity contribution in [3.05, 3.63) is 50.4 Å². The van der Waals surface area contributed by atoms with Crippen molar-refractivity contribution in [2.45, 2.75) is 20.4 Å². The van der Waals surface area contributed by atoms with Crippen LogP contribution in [0.4, 0.5) is 0 Å². The molecular formula is C13H13ClN2OS. The van der Waals surface area contributed by atoms with Gasteiger partial charge in [-0.3, -0.25) is 4.79 Å². The molecule has 2 aromatic heterocycles. The standard InChI is InChI=1S/C13H13ClN2OS/c1-8-5-10(6-12(14)16-8)13(17)15-7-11-4-3-9(2)18-11/h3-6H,7H2,1-2H3,(H,15,17). The fourth-order valence-corrected chi connectivity index (χ4v) is 2.69. The minimum Gasteiger partial charge on any atom is -0.347 e. The van der Waals surface area contributed by atoms with Crippen LogP contribution in [0.15, 0.2) is 24.3 Å². The summed E-state index contributed by atoms with van der Waals surface area (Å²) in [6.45, 7) is 4.39. The fourth-order valence-electron chi connectivity index (χ4n) is 1.61. The van der Waals surface area contributed by atoms with Crippen LogP contribution < -0.4 is 5.32 Å². The van der Waals surface area contributed by atoms with Crippen molar-refractivity contribution in [2.75, 3.05) is 0 Å². The van der Waals surface area contributed by atoms with Crippen molar-refractivity contribution in [3.8, 4) is 0 Å². The second-order valence-electron chi connectivity index (χ2n) is 4.01. The number of amides is 1. The third-order valence-corrected chi connectivity index (χ3v) is 3.60. The van der Waals surface area contributed by atoms with Crippen LogP contribution in [0.1, 0.15) is 25.8 Å². The van der Waals surface area contributed by atoms with E-state index in [0.717, 1.165) is 10.6 Å². The first-order chi connectivity index (χ1) is 8.54. The Hall–Kier alpha value is -1.39. The number of thiophene rings is 1. The Bertz CT molecular complexity index is 560. The van der Waals surface area contributed by atoms with E-state index in [1.165, 1.54) is 4.88 Å². The molecule has 0 aliphatic heterocycles. The van der Waals surface area contributed by atoms with E-state index in [0.29, 0.717) is 17.3 Å². The van der Waals surface area contributed by atoms with Crippen molar-refractivity contribution < 1.29 is 4.79 Å². The largest absolute Gasteiger partial charge is 0.347 e. The van der Waals surface area contributed by atoms with Crippen LogP contribution in [0.25, 0.3) is 0 Å². The van der Waals surface area contributed by atoms with Gasteiger partial charge in [-0.15, -0.1) is 11.3 Å². The lowest BCUT2D eigenvalue weighted by Gasteiger charge is -2.05. The van der Waals surface area contributed by atoms with Crippen LogP contribution in [0.2, 0.25) is 5.15 Å². The number of nitrogens with one attached hydrogen (secondary N) is 1. The van der Waals surface area contributed by atoms with E-state index in [9.17, 15) is 4.79 Å². The summed E-state index contributed by atoms with van der Waals surface area (Å²) in [6.07, 6.45) is 0. The minimum absolute atomic E-state index is 0.131. The smallest absolute Gasteiger partial charge is 0.251 e. The number of aromatic nitrogens is 1. The lowest BCUT2D eigenvalue weighted by Crippen LogP contribution is -2.22. The van der Waals surface area contributed by atoms with Crippen molar-refractivity contribution in [1.82, 2.24) is 10.3 Å². The molecule has 0 atom stereocenters. The van der Waals surface area contributed by atoms with Crippen LogP contribution in [0, 0.1) is 13.8 Å². The Morgan fingerprint density at radius 1 is 1.39 bits per heavy atom. The Labute approximate surface area is 115 Å². The van der Waals surface area contributed by atoms with Crippen molar-refractivity contribution in [2.24, 2.45) is 0 Å². The second-order valence-corrected chi connectivity index (χ2v) is 5.77. The molecule has 94 valence electrons. The number of nitrogens with zero attached hydrogens (tertiary/aromatic N) is 1. The molecule has 0 aliphatic rings. The molecule has 0 aliphatic carbocycles. The normalized spacial score (nSPS) is 10.4. The fraction of sp³-hybridized carbons (Fsp3) is 0.231. The molecule has 0 radical (unpaired) electrons. The predicted molar refractivity (Wildman–Crippen MR) is 74.2 cm³/mol. The van der Waals surface area contributed by atoms with Gasteiger partial charge in [0.2, 0.25) is 0 Å². The van der Waals surface area contributed by atoms with Gasteiger partial charge >= 0.3 is 0 Å². The average molecular weight is 281 g/mol. The van der Waals surface area contributed by atoms with Crippen LogP contribution in [0.3, 0.4) is 0 Å². The van der Waals surface area contributed by atoms with Crippen LogP contribution in [0.5, 0.6) is 0 Å². The molecule has 1 N–H and O–H groups in total. The zero-order valence-corrected chi connectivity index (χ0v) is 11.7. The Morgan fingerprint density at radius 3 is 2.78 bits per heavy atom. The minimum atomic E-state index is -0.131. The van der Waals surface area contributed by atoms with E-state index in [2.05, 4.69) is 10.3 Å². The first-order valence-corrected chi connectivity index (χ1v) is 6.72. The zero-order chi connectivity index (χ0) is 13.1. The number of carbonyl (C=O) groups excluding carboxylic acids is 1. The second kappa shape index (κ2) is 5.50. The monoisotopic (exact) mass is 280 g/mol. The summed E-state index contributed by atoms with van der Waals surface area (Å²) in [5, 5.41) is 3.21. The third-order valence-electron chi connectivity index (χ3n) is 2.40. The summed E-state index contributed by atoms with van der Waals surface area (Å²) >= 11 is 7.50. The lowest BCUT2D eigenvalue weighted by atomic mass is 10.2. The molecule has 2 heterocycles. The summed E-state index contributed by atoms with van der Waals surface area (Å²) in [7, 11) is 0. The number of halogens is 1. The number of rotatable bonds is 3. The average Bonchev–Trinajstić information content (AvgIpc) is 2.70. The highest BCUT2D eigenvalue weighted by atomic mass is 35.5. The predicted octanol–water partition coefficient (Wildman–Crippen LogP) is 3.34. The van der Waals surface area contributed by atoms with E-state index < -0.39 is 0 Å². The maximum absolute atomic E-state index is 11.9. The number of hydrogen-bond acceptors (Lipinski definition) is 3. The molecule has 0 bridgehead atoms. The van der Waals surface area contributed by atoms with Crippen molar-refractivity contribution in [3.63, 3.8) is 0 Å². The highest BCUT2D eigenvalue weighted by Crippen LogP contribution is 2.15. The first-order valence-electron chi connectivity index (χ1n) is 5.52. The number of hydrogen-bond donors (Lipinski definition) is 1. The molecule has 2 aromatic rings. The Balaban J connectivity index is 2.03. The SMILES string of the molecule is Cc1cc(C(=O)NCc2ccc(C)s2)cc(Cl)n1. The van der Waals surface area contributed by atoms with Gasteiger partial charge in [0.15, 0.2) is 0 Å². The quantitative estimate of drug-likeness (QED) is 0.876. The summed E-state index contributed by atoms with van der Waals surface area (Å²) in [5.74, 6) is -0.131. The topological polar surface area (TPSA) is 42.0 Å². The third kappa shape index (κ3) is 3.31. The molecule has 18 heavy (non-hydrogen) atoms. The van der Waals surface area contributed by atoms with Crippen molar-refractivity contribution >= 4 is 28.8 Å². The number of carbonyl (C=O) groups is 1. The molecular weight excluding hydrogens is 268 g/mol. The molecule has 0 spiro atoms. The highest BCUT2D eigenvalue weighted by molar-refractivity contribution is 7.11. The van der Waals surface area contributed by atoms with Gasteiger partial charge in [0, 0.05) is 21.0 Å². The van der Waals surface area contributed by atoms with Gasteiger partial charge in [-0.25, -0.2) is 4.98 Å². The van der Waals surface area contributed by atoms with Gasteiger partial charge in [-0.1, -0.05) is 11.6 Å². The molecule has 1 amide bonds. The van der Waals surface area contributed by atoms with Gasteiger partial charge in [-0.05, 0) is 38.1 Å². The van der Waals surface area contributed by atoms with Crippen LogP contribution in [-0.2, 0) is 6.54 Å². The molecule has 5 heteroatoms. The van der Waals surface area contributed by atoms with Gasteiger partial charge in [-0.2, -0.15) is 0 Å². The van der Waals surface area contributed by atoms with Gasteiger partial charge < -0.3 is 5.32 Å². The lowest BCUT2D eigenvalue weighted by molar-refractivity contribution is 0.0951. The molecule has 0 saturated carbocycles. The highest BCUT2D eigenvalue weighted by Gasteiger charge is 2.08. The molecule has 2 rings (SSSR count). The van der Waals surface area contributed by atoms with Crippen molar-refractivity contribution in [1.29, 1.82) is 0 Å². The van der Waals surface area contributed by atoms with E-state index in [1.54, 1.807) is 23.5 Å².